The highest BCUT2D eigenvalue weighted by Gasteiger charge is 2.41. The minimum atomic E-state index is -5.08. The predicted octanol–water partition coefficient (Wildman–Crippen LogP) is 3.44. The van der Waals surface area contributed by atoms with Crippen LogP contribution >= 0.6 is 11.5 Å². The van der Waals surface area contributed by atoms with Gasteiger partial charge in [-0.25, -0.2) is 4.79 Å². The Balaban J connectivity index is 0.000000616. The number of alkyl halides is 3. The van der Waals surface area contributed by atoms with Crippen molar-refractivity contribution in [3.63, 3.8) is 0 Å². The normalized spacial score (nSPS) is 18.8. The fourth-order valence-electron chi connectivity index (χ4n) is 4.99. The maximum absolute atomic E-state index is 13.8. The summed E-state index contributed by atoms with van der Waals surface area (Å²) in [5, 5.41) is 20.8. The summed E-state index contributed by atoms with van der Waals surface area (Å²) in [6.45, 7) is 2.28. The SMILES string of the molecule is CN[C@@H](C)C(=O)N[C@H](C(=O)N1CCC[C@H]1C(=O)Nc1snnc1-c1ccccc1)C1CCCCC1.O=C(O)C(F)(F)F. The molecule has 4 N–H and O–H groups in total. The molecule has 1 aliphatic carbocycles. The van der Waals surface area contributed by atoms with Gasteiger partial charge in [-0.05, 0) is 45.6 Å². The zero-order chi connectivity index (χ0) is 30.9. The zero-order valence-electron chi connectivity index (χ0n) is 23.3. The molecule has 3 amide bonds. The van der Waals surface area contributed by atoms with Crippen molar-refractivity contribution in [3.8, 4) is 11.3 Å². The molecule has 1 aromatic heterocycles. The quantitative estimate of drug-likeness (QED) is 0.354. The number of benzene rings is 1. The third-order valence-electron chi connectivity index (χ3n) is 7.36. The molecule has 4 rings (SSSR count). The molecular weight excluding hydrogens is 577 g/mol. The van der Waals surface area contributed by atoms with Crippen LogP contribution in [0.15, 0.2) is 30.3 Å². The highest BCUT2D eigenvalue weighted by atomic mass is 32.1. The van der Waals surface area contributed by atoms with Crippen molar-refractivity contribution >= 4 is 40.2 Å². The van der Waals surface area contributed by atoms with Crippen molar-refractivity contribution in [2.24, 2.45) is 5.92 Å². The number of carbonyl (C=O) groups is 4. The summed E-state index contributed by atoms with van der Waals surface area (Å²) in [6.07, 6.45) is 1.31. The van der Waals surface area contributed by atoms with E-state index in [1.54, 1.807) is 18.9 Å². The molecular formula is C27H35F3N6O5S. The molecule has 1 aliphatic heterocycles. The second-order valence-corrected chi connectivity index (χ2v) is 10.9. The molecule has 0 bridgehead atoms. The number of aromatic nitrogens is 2. The number of nitrogens with zero attached hydrogens (tertiary/aromatic N) is 3. The lowest BCUT2D eigenvalue weighted by Crippen LogP contribution is -2.57. The van der Waals surface area contributed by atoms with Crippen LogP contribution in [0.3, 0.4) is 0 Å². The molecule has 15 heteroatoms. The lowest BCUT2D eigenvalue weighted by Gasteiger charge is -2.35. The molecule has 3 atom stereocenters. The van der Waals surface area contributed by atoms with Gasteiger partial charge in [-0.3, -0.25) is 14.4 Å². The monoisotopic (exact) mass is 612 g/mol. The summed E-state index contributed by atoms with van der Waals surface area (Å²) in [5.41, 5.74) is 1.49. The number of carboxylic acid groups (broad SMARTS) is 1. The van der Waals surface area contributed by atoms with E-state index in [4.69, 9.17) is 9.90 Å². The number of amides is 3. The number of likely N-dealkylation sites (tertiary alicyclic amines) is 1. The number of hydrogen-bond acceptors (Lipinski definition) is 8. The molecule has 0 radical (unpaired) electrons. The molecule has 0 spiro atoms. The first-order valence-corrected chi connectivity index (χ1v) is 14.5. The molecule has 1 saturated heterocycles. The van der Waals surface area contributed by atoms with E-state index in [0.29, 0.717) is 23.7 Å². The molecule has 2 aliphatic rings. The second kappa shape index (κ2) is 15.0. The van der Waals surface area contributed by atoms with E-state index in [1.807, 2.05) is 30.3 Å². The Kier molecular flexibility index (Phi) is 11.8. The maximum atomic E-state index is 13.8. The number of carboxylic acids is 1. The van der Waals surface area contributed by atoms with Crippen molar-refractivity contribution in [1.29, 1.82) is 0 Å². The number of rotatable bonds is 8. The topological polar surface area (TPSA) is 154 Å². The van der Waals surface area contributed by atoms with Gasteiger partial charge in [0, 0.05) is 23.6 Å². The summed E-state index contributed by atoms with van der Waals surface area (Å²) in [7, 11) is 1.72. The van der Waals surface area contributed by atoms with Crippen LogP contribution in [0.5, 0.6) is 0 Å². The number of aliphatic carboxylic acids is 1. The first kappa shape index (κ1) is 32.9. The van der Waals surface area contributed by atoms with Crippen LogP contribution in [0.1, 0.15) is 51.9 Å². The molecule has 1 saturated carbocycles. The average Bonchev–Trinajstić information content (AvgIpc) is 3.66. The lowest BCUT2D eigenvalue weighted by atomic mass is 9.83. The molecule has 1 aromatic carbocycles. The van der Waals surface area contributed by atoms with Gasteiger partial charge in [-0.15, -0.1) is 5.10 Å². The molecule has 11 nitrogen and oxygen atoms in total. The highest BCUT2D eigenvalue weighted by Crippen LogP contribution is 2.32. The van der Waals surface area contributed by atoms with Crippen LogP contribution in [0.25, 0.3) is 11.3 Å². The average molecular weight is 613 g/mol. The number of halogens is 3. The van der Waals surface area contributed by atoms with Gasteiger partial charge in [0.15, 0.2) is 0 Å². The Morgan fingerprint density at radius 3 is 2.29 bits per heavy atom. The van der Waals surface area contributed by atoms with Crippen molar-refractivity contribution in [2.45, 2.75) is 76.2 Å². The number of likely N-dealkylation sites (N-methyl/N-ethyl adjacent to an activating group) is 1. The van der Waals surface area contributed by atoms with Gasteiger partial charge in [-0.2, -0.15) is 13.2 Å². The van der Waals surface area contributed by atoms with Crippen molar-refractivity contribution in [3.05, 3.63) is 30.3 Å². The smallest absolute Gasteiger partial charge is 0.475 e. The summed E-state index contributed by atoms with van der Waals surface area (Å²) < 4.78 is 35.8. The summed E-state index contributed by atoms with van der Waals surface area (Å²) in [5.74, 6) is -3.26. The van der Waals surface area contributed by atoms with E-state index in [1.165, 1.54) is 0 Å². The van der Waals surface area contributed by atoms with Crippen LogP contribution in [0.2, 0.25) is 0 Å². The second-order valence-electron chi connectivity index (χ2n) is 10.2. The van der Waals surface area contributed by atoms with E-state index in [0.717, 1.165) is 55.6 Å². The van der Waals surface area contributed by atoms with Gasteiger partial charge in [0.25, 0.3) is 0 Å². The lowest BCUT2D eigenvalue weighted by molar-refractivity contribution is -0.192. The van der Waals surface area contributed by atoms with Gasteiger partial charge in [-0.1, -0.05) is 54.1 Å². The molecule has 0 unspecified atom stereocenters. The van der Waals surface area contributed by atoms with Crippen molar-refractivity contribution in [2.75, 3.05) is 18.9 Å². The predicted molar refractivity (Wildman–Crippen MR) is 149 cm³/mol. The number of hydrogen-bond donors (Lipinski definition) is 4. The standard InChI is InChI=1S/C25H34N6O3S.C2HF3O2/c1-16(26-2)22(32)27-21(18-12-7-4-8-13-18)25(34)31-15-9-14-19(31)23(33)28-24-20(29-30-35-24)17-10-5-3-6-11-17;3-2(4,5)1(6)7/h3,5-6,10-11,16,18-19,21,26H,4,7-9,12-15H2,1-2H3,(H,27,32)(H,28,33);(H,6,7)/t16-,19-,21-;/m0./s1. The van der Waals surface area contributed by atoms with Gasteiger partial charge >= 0.3 is 12.1 Å². The number of anilines is 1. The number of carbonyl (C=O) groups excluding carboxylic acids is 3. The van der Waals surface area contributed by atoms with E-state index in [9.17, 15) is 27.6 Å². The highest BCUT2D eigenvalue weighted by molar-refractivity contribution is 7.10. The van der Waals surface area contributed by atoms with E-state index in [2.05, 4.69) is 25.5 Å². The van der Waals surface area contributed by atoms with Crippen LogP contribution in [0.4, 0.5) is 18.2 Å². The zero-order valence-corrected chi connectivity index (χ0v) is 24.1. The Morgan fingerprint density at radius 2 is 1.69 bits per heavy atom. The Bertz CT molecular complexity index is 1220. The van der Waals surface area contributed by atoms with Crippen molar-refractivity contribution < 1.29 is 37.5 Å². The van der Waals surface area contributed by atoms with E-state index in [-0.39, 0.29) is 23.6 Å². The third kappa shape index (κ3) is 8.71. The van der Waals surface area contributed by atoms with Crippen LogP contribution in [-0.4, -0.2) is 81.2 Å². The summed E-state index contributed by atoms with van der Waals surface area (Å²) >= 11 is 1.12. The molecule has 2 aromatic rings. The van der Waals surface area contributed by atoms with Crippen LogP contribution < -0.4 is 16.0 Å². The van der Waals surface area contributed by atoms with Crippen LogP contribution in [-0.2, 0) is 19.2 Å². The van der Waals surface area contributed by atoms with Gasteiger partial charge in [0.1, 0.15) is 22.8 Å². The largest absolute Gasteiger partial charge is 0.490 e. The van der Waals surface area contributed by atoms with Gasteiger partial charge in [0.2, 0.25) is 17.7 Å². The van der Waals surface area contributed by atoms with Gasteiger partial charge < -0.3 is 26.0 Å². The van der Waals surface area contributed by atoms with Gasteiger partial charge in [0.05, 0.1) is 6.04 Å². The molecule has 2 heterocycles. The number of nitrogens with one attached hydrogen (secondary N) is 3. The fourth-order valence-corrected chi connectivity index (χ4v) is 5.59. The summed E-state index contributed by atoms with van der Waals surface area (Å²) in [4.78, 5) is 50.4. The maximum Gasteiger partial charge on any atom is 0.490 e. The summed E-state index contributed by atoms with van der Waals surface area (Å²) in [6, 6.07) is 7.97. The first-order chi connectivity index (χ1) is 19.9. The van der Waals surface area contributed by atoms with E-state index >= 15 is 0 Å². The Morgan fingerprint density at radius 1 is 1.05 bits per heavy atom. The van der Waals surface area contributed by atoms with Crippen molar-refractivity contribution in [1.82, 2.24) is 25.1 Å². The Hall–Kier alpha value is -3.59. The van der Waals surface area contributed by atoms with E-state index < -0.39 is 30.3 Å². The minimum absolute atomic E-state index is 0.0870. The van der Waals surface area contributed by atoms with Crippen LogP contribution in [0, 0.1) is 5.92 Å². The molecule has 230 valence electrons. The Labute approximate surface area is 245 Å². The fraction of sp³-hybridized carbons (Fsp3) is 0.556. The third-order valence-corrected chi connectivity index (χ3v) is 8.01. The molecule has 42 heavy (non-hydrogen) atoms. The molecule has 2 fully saturated rings. The minimum Gasteiger partial charge on any atom is -0.475 e. The first-order valence-electron chi connectivity index (χ1n) is 13.7.